The molecule has 2 aromatic carbocycles. The van der Waals surface area contributed by atoms with Gasteiger partial charge in [0.2, 0.25) is 5.91 Å². The van der Waals surface area contributed by atoms with Crippen molar-refractivity contribution in [2.45, 2.75) is 32.2 Å². The summed E-state index contributed by atoms with van der Waals surface area (Å²) in [5, 5.41) is 10.5. The summed E-state index contributed by atoms with van der Waals surface area (Å²) in [7, 11) is 0. The fraction of sp³-hybridized carbons (Fsp3) is 0.348. The Kier molecular flexibility index (Phi) is 6.00. The maximum atomic E-state index is 12.2. The summed E-state index contributed by atoms with van der Waals surface area (Å²) in [4.78, 5) is 19.2. The minimum atomic E-state index is 0.0774. The second-order valence-electron chi connectivity index (χ2n) is 7.72. The molecular weight excluding hydrogens is 362 g/mol. The van der Waals surface area contributed by atoms with Crippen LogP contribution in [0.15, 0.2) is 54.6 Å². The van der Waals surface area contributed by atoms with Crippen LogP contribution in [0.25, 0.3) is 11.4 Å². The van der Waals surface area contributed by atoms with Crippen LogP contribution < -0.4 is 5.32 Å². The van der Waals surface area contributed by atoms with E-state index in [1.165, 1.54) is 5.56 Å². The standard InChI is InChI=1S/C23H27N5O/c1-17-7-9-19(10-8-17)22-25-23(27-26-22)20-11-13-28(14-12-20)16-21(29)24-15-18-5-3-2-4-6-18/h2-10,20H,11-16H2,1H3,(H,24,29)(H,25,26,27). The predicted octanol–water partition coefficient (Wildman–Crippen LogP) is 3.28. The number of H-pyrrole nitrogens is 1. The molecule has 1 aliphatic rings. The molecule has 150 valence electrons. The molecule has 1 aliphatic heterocycles. The molecule has 1 amide bonds. The third-order valence-electron chi connectivity index (χ3n) is 5.49. The van der Waals surface area contributed by atoms with Gasteiger partial charge in [-0.2, -0.15) is 5.10 Å². The molecular formula is C23H27N5O. The molecule has 2 N–H and O–H groups in total. The number of nitrogens with one attached hydrogen (secondary N) is 2. The number of aryl methyl sites for hydroxylation is 1. The smallest absolute Gasteiger partial charge is 0.234 e. The van der Waals surface area contributed by atoms with Crippen molar-refractivity contribution >= 4 is 5.91 Å². The van der Waals surface area contributed by atoms with Gasteiger partial charge in [-0.15, -0.1) is 0 Å². The third kappa shape index (κ3) is 5.09. The van der Waals surface area contributed by atoms with E-state index in [4.69, 9.17) is 4.98 Å². The van der Waals surface area contributed by atoms with E-state index in [2.05, 4.69) is 51.6 Å². The van der Waals surface area contributed by atoms with Gasteiger partial charge < -0.3 is 5.32 Å². The van der Waals surface area contributed by atoms with Crippen molar-refractivity contribution in [2.75, 3.05) is 19.6 Å². The van der Waals surface area contributed by atoms with Crippen LogP contribution >= 0.6 is 0 Å². The second-order valence-corrected chi connectivity index (χ2v) is 7.72. The Bertz CT molecular complexity index is 927. The van der Waals surface area contributed by atoms with Crippen LogP contribution in [0, 0.1) is 6.92 Å². The summed E-state index contributed by atoms with van der Waals surface area (Å²) in [6.45, 7) is 4.89. The zero-order valence-corrected chi connectivity index (χ0v) is 16.8. The van der Waals surface area contributed by atoms with Gasteiger partial charge in [-0.05, 0) is 38.4 Å². The third-order valence-corrected chi connectivity index (χ3v) is 5.49. The van der Waals surface area contributed by atoms with Gasteiger partial charge in [0.1, 0.15) is 5.82 Å². The van der Waals surface area contributed by atoms with Crippen LogP contribution in [0.5, 0.6) is 0 Å². The lowest BCUT2D eigenvalue weighted by molar-refractivity contribution is -0.122. The number of hydrogen-bond donors (Lipinski definition) is 2. The van der Waals surface area contributed by atoms with Crippen molar-refractivity contribution in [3.63, 3.8) is 0 Å². The van der Waals surface area contributed by atoms with Crippen LogP contribution in [-0.4, -0.2) is 45.6 Å². The van der Waals surface area contributed by atoms with Gasteiger partial charge in [-0.1, -0.05) is 60.2 Å². The molecule has 2 heterocycles. The number of benzene rings is 2. The first-order chi connectivity index (χ1) is 14.2. The first-order valence-corrected chi connectivity index (χ1v) is 10.2. The molecule has 0 spiro atoms. The Balaban J connectivity index is 1.25. The minimum Gasteiger partial charge on any atom is -0.351 e. The molecule has 1 aromatic heterocycles. The highest BCUT2D eigenvalue weighted by Crippen LogP contribution is 2.27. The first-order valence-electron chi connectivity index (χ1n) is 10.2. The van der Waals surface area contributed by atoms with Gasteiger partial charge in [0, 0.05) is 18.0 Å². The van der Waals surface area contributed by atoms with Crippen LogP contribution in [0.3, 0.4) is 0 Å². The quantitative estimate of drug-likeness (QED) is 0.679. The van der Waals surface area contributed by atoms with Crippen LogP contribution in [0.4, 0.5) is 0 Å². The van der Waals surface area contributed by atoms with Crippen molar-refractivity contribution in [2.24, 2.45) is 0 Å². The molecule has 3 aromatic rings. The van der Waals surface area contributed by atoms with Gasteiger partial charge in [0.15, 0.2) is 5.82 Å². The topological polar surface area (TPSA) is 73.9 Å². The van der Waals surface area contributed by atoms with E-state index in [1.54, 1.807) is 0 Å². The Morgan fingerprint density at radius 2 is 1.83 bits per heavy atom. The molecule has 0 bridgehead atoms. The van der Waals surface area contributed by atoms with Crippen LogP contribution in [0.2, 0.25) is 0 Å². The van der Waals surface area contributed by atoms with Gasteiger partial charge in [0.25, 0.3) is 0 Å². The summed E-state index contributed by atoms with van der Waals surface area (Å²) in [6, 6.07) is 18.3. The number of nitrogens with zero attached hydrogens (tertiary/aromatic N) is 3. The van der Waals surface area contributed by atoms with E-state index in [0.29, 0.717) is 19.0 Å². The minimum absolute atomic E-state index is 0.0774. The fourth-order valence-corrected chi connectivity index (χ4v) is 3.71. The van der Waals surface area contributed by atoms with Gasteiger partial charge in [-0.3, -0.25) is 14.8 Å². The molecule has 0 radical (unpaired) electrons. The van der Waals surface area contributed by atoms with Crippen molar-refractivity contribution in [1.82, 2.24) is 25.4 Å². The van der Waals surface area contributed by atoms with E-state index in [0.717, 1.165) is 48.7 Å². The maximum Gasteiger partial charge on any atom is 0.234 e. The lowest BCUT2D eigenvalue weighted by Gasteiger charge is -2.30. The number of carbonyl (C=O) groups excluding carboxylic acids is 1. The Morgan fingerprint density at radius 3 is 2.55 bits per heavy atom. The zero-order chi connectivity index (χ0) is 20.1. The Labute approximate surface area is 171 Å². The van der Waals surface area contributed by atoms with Crippen molar-refractivity contribution < 1.29 is 4.79 Å². The lowest BCUT2D eigenvalue weighted by atomic mass is 9.96. The number of piperidine rings is 1. The molecule has 29 heavy (non-hydrogen) atoms. The number of carbonyl (C=O) groups is 1. The van der Waals surface area contributed by atoms with Crippen molar-refractivity contribution in [3.8, 4) is 11.4 Å². The highest BCUT2D eigenvalue weighted by Gasteiger charge is 2.24. The molecule has 0 aliphatic carbocycles. The summed E-state index contributed by atoms with van der Waals surface area (Å²) in [5.41, 5.74) is 3.38. The zero-order valence-electron chi connectivity index (χ0n) is 16.8. The van der Waals surface area contributed by atoms with Gasteiger partial charge >= 0.3 is 0 Å². The Hall–Kier alpha value is -2.99. The predicted molar refractivity (Wildman–Crippen MR) is 113 cm³/mol. The number of amides is 1. The number of likely N-dealkylation sites (tertiary alicyclic amines) is 1. The van der Waals surface area contributed by atoms with Gasteiger partial charge in [-0.25, -0.2) is 4.98 Å². The highest BCUT2D eigenvalue weighted by atomic mass is 16.2. The van der Waals surface area contributed by atoms with E-state index in [9.17, 15) is 4.79 Å². The van der Waals surface area contributed by atoms with E-state index in [1.807, 2.05) is 30.3 Å². The average molecular weight is 390 g/mol. The second kappa shape index (κ2) is 9.01. The van der Waals surface area contributed by atoms with Crippen molar-refractivity contribution in [3.05, 3.63) is 71.5 Å². The fourth-order valence-electron chi connectivity index (χ4n) is 3.71. The largest absolute Gasteiger partial charge is 0.351 e. The number of aromatic nitrogens is 3. The normalized spacial score (nSPS) is 15.3. The van der Waals surface area contributed by atoms with E-state index >= 15 is 0 Å². The van der Waals surface area contributed by atoms with E-state index in [-0.39, 0.29) is 5.91 Å². The average Bonchev–Trinajstić information content (AvgIpc) is 3.24. The summed E-state index contributed by atoms with van der Waals surface area (Å²) >= 11 is 0. The lowest BCUT2D eigenvalue weighted by Crippen LogP contribution is -2.41. The Morgan fingerprint density at radius 1 is 1.10 bits per heavy atom. The summed E-state index contributed by atoms with van der Waals surface area (Å²) in [5.74, 6) is 2.15. The molecule has 4 rings (SSSR count). The molecule has 0 unspecified atom stereocenters. The van der Waals surface area contributed by atoms with Gasteiger partial charge in [0.05, 0.1) is 6.54 Å². The van der Waals surface area contributed by atoms with E-state index < -0.39 is 0 Å². The number of hydrogen-bond acceptors (Lipinski definition) is 4. The summed E-state index contributed by atoms with van der Waals surface area (Å²) < 4.78 is 0. The molecule has 0 saturated carbocycles. The van der Waals surface area contributed by atoms with Crippen LogP contribution in [-0.2, 0) is 11.3 Å². The molecule has 0 atom stereocenters. The molecule has 6 heteroatoms. The maximum absolute atomic E-state index is 12.2. The first kappa shape index (κ1) is 19.3. The van der Waals surface area contributed by atoms with Crippen LogP contribution in [0.1, 0.15) is 35.7 Å². The number of aromatic amines is 1. The monoisotopic (exact) mass is 389 g/mol. The molecule has 1 saturated heterocycles. The SMILES string of the molecule is Cc1ccc(-c2n[nH]c(C3CCN(CC(=O)NCc4ccccc4)CC3)n2)cc1. The molecule has 1 fully saturated rings. The van der Waals surface area contributed by atoms with Crippen molar-refractivity contribution in [1.29, 1.82) is 0 Å². The highest BCUT2D eigenvalue weighted by molar-refractivity contribution is 5.78. The number of rotatable bonds is 6. The summed E-state index contributed by atoms with van der Waals surface area (Å²) in [6.07, 6.45) is 1.96. The molecule has 6 nitrogen and oxygen atoms in total.